The molecular weight excluding hydrogens is 348 g/mol. The van der Waals surface area contributed by atoms with E-state index >= 15 is 0 Å². The van der Waals surface area contributed by atoms with E-state index in [1.807, 2.05) is 49.4 Å². The first-order valence-electron chi connectivity index (χ1n) is 8.55. The third kappa shape index (κ3) is 2.66. The number of allylic oxidation sites excluding steroid dienone is 2. The van der Waals surface area contributed by atoms with Gasteiger partial charge in [0, 0.05) is 15.8 Å². The number of amides is 3. The quantitative estimate of drug-likeness (QED) is 0.669. The Hall–Kier alpha value is -2.73. The topological polar surface area (TPSA) is 66.5 Å². The van der Waals surface area contributed by atoms with Crippen LogP contribution in [-0.4, -0.2) is 22.7 Å². The van der Waals surface area contributed by atoms with Crippen molar-refractivity contribution in [2.24, 2.45) is 11.8 Å². The normalized spacial score (nSPS) is 21.8. The lowest BCUT2D eigenvalue weighted by molar-refractivity contribution is -0.142. The predicted octanol–water partition coefficient (Wildman–Crippen LogP) is 3.32. The first kappa shape index (κ1) is 16.7. The van der Waals surface area contributed by atoms with E-state index in [1.165, 1.54) is 11.3 Å². The van der Waals surface area contributed by atoms with E-state index < -0.39 is 5.91 Å². The Morgan fingerprint density at radius 2 is 1.69 bits per heavy atom. The van der Waals surface area contributed by atoms with Crippen LogP contribution >= 0.6 is 11.3 Å². The highest BCUT2D eigenvalue weighted by molar-refractivity contribution is 7.10. The number of rotatable bonds is 3. The number of fused-ring (bicyclic) bond motifs is 1. The van der Waals surface area contributed by atoms with Crippen LogP contribution in [-0.2, 0) is 9.59 Å². The van der Waals surface area contributed by atoms with Gasteiger partial charge >= 0.3 is 0 Å². The van der Waals surface area contributed by atoms with E-state index in [2.05, 4.69) is 5.43 Å². The Balaban J connectivity index is 1.60. The van der Waals surface area contributed by atoms with E-state index in [0.29, 0.717) is 18.4 Å². The van der Waals surface area contributed by atoms with Crippen molar-refractivity contribution in [3.8, 4) is 11.1 Å². The zero-order chi connectivity index (χ0) is 18.3. The maximum atomic E-state index is 12.8. The SMILES string of the molecule is Cc1scc(C(=O)NN2C(=O)[C@H]3CC=CC[C@@H]3C2=O)c1-c1ccccc1. The second-order valence-corrected chi connectivity index (χ2v) is 7.64. The van der Waals surface area contributed by atoms with Crippen LogP contribution in [0.1, 0.15) is 28.1 Å². The number of hydrazine groups is 1. The zero-order valence-corrected chi connectivity index (χ0v) is 15.1. The van der Waals surface area contributed by atoms with Crippen LogP contribution in [0.3, 0.4) is 0 Å². The van der Waals surface area contributed by atoms with Crippen molar-refractivity contribution in [2.45, 2.75) is 19.8 Å². The number of thiophene rings is 1. The van der Waals surface area contributed by atoms with Crippen molar-refractivity contribution < 1.29 is 14.4 Å². The van der Waals surface area contributed by atoms with Gasteiger partial charge in [-0.25, -0.2) is 0 Å². The number of carbonyl (C=O) groups is 3. The van der Waals surface area contributed by atoms with Crippen LogP contribution in [0.4, 0.5) is 0 Å². The standard InChI is InChI=1S/C20H18N2O3S/c1-12-17(13-7-3-2-4-8-13)16(11-26-12)18(23)21-22-19(24)14-9-5-6-10-15(14)20(22)25/h2-8,11,14-15H,9-10H2,1H3,(H,21,23)/t14-,15-/m0/s1. The molecule has 4 rings (SSSR count). The Kier molecular flexibility index (Phi) is 4.20. The molecular formula is C20H18N2O3S. The first-order chi connectivity index (χ1) is 12.6. The molecule has 1 aromatic carbocycles. The summed E-state index contributed by atoms with van der Waals surface area (Å²) in [4.78, 5) is 38.9. The average molecular weight is 366 g/mol. The number of hydrogen-bond donors (Lipinski definition) is 1. The maximum absolute atomic E-state index is 12.8. The van der Waals surface area contributed by atoms with Crippen LogP contribution in [0, 0.1) is 18.8 Å². The van der Waals surface area contributed by atoms with Gasteiger partial charge in [0.25, 0.3) is 17.7 Å². The molecule has 26 heavy (non-hydrogen) atoms. The zero-order valence-electron chi connectivity index (χ0n) is 14.3. The number of nitrogens with zero attached hydrogens (tertiary/aromatic N) is 1. The summed E-state index contributed by atoms with van der Waals surface area (Å²) >= 11 is 1.47. The molecule has 0 spiro atoms. The van der Waals surface area contributed by atoms with Crippen LogP contribution in [0.5, 0.6) is 0 Å². The van der Waals surface area contributed by atoms with Crippen molar-refractivity contribution in [2.75, 3.05) is 0 Å². The summed E-state index contributed by atoms with van der Waals surface area (Å²) in [5.74, 6) is -1.77. The van der Waals surface area contributed by atoms with Crippen molar-refractivity contribution in [3.05, 3.63) is 58.3 Å². The number of imide groups is 1. The minimum Gasteiger partial charge on any atom is -0.272 e. The molecule has 3 amide bonds. The molecule has 1 aromatic heterocycles. The fraction of sp³-hybridized carbons (Fsp3) is 0.250. The molecule has 6 heteroatoms. The maximum Gasteiger partial charge on any atom is 0.271 e. The van der Waals surface area contributed by atoms with Crippen LogP contribution in [0.2, 0.25) is 0 Å². The molecule has 132 valence electrons. The van der Waals surface area contributed by atoms with Crippen molar-refractivity contribution >= 4 is 29.1 Å². The van der Waals surface area contributed by atoms with E-state index in [0.717, 1.165) is 21.0 Å². The lowest BCUT2D eigenvalue weighted by atomic mass is 9.85. The minimum absolute atomic E-state index is 0.314. The van der Waals surface area contributed by atoms with Gasteiger partial charge in [0.05, 0.1) is 17.4 Å². The van der Waals surface area contributed by atoms with Crippen LogP contribution in [0.15, 0.2) is 47.9 Å². The summed E-state index contributed by atoms with van der Waals surface area (Å²) < 4.78 is 0. The summed E-state index contributed by atoms with van der Waals surface area (Å²) in [6, 6.07) is 9.64. The molecule has 2 aromatic rings. The van der Waals surface area contributed by atoms with Gasteiger partial charge < -0.3 is 0 Å². The highest BCUT2D eigenvalue weighted by Gasteiger charge is 2.48. The van der Waals surface area contributed by atoms with E-state index in [9.17, 15) is 14.4 Å². The molecule has 2 heterocycles. The number of nitrogens with one attached hydrogen (secondary N) is 1. The summed E-state index contributed by atoms with van der Waals surface area (Å²) in [5.41, 5.74) is 4.81. The molecule has 5 nitrogen and oxygen atoms in total. The van der Waals surface area contributed by atoms with E-state index in [1.54, 1.807) is 5.38 Å². The van der Waals surface area contributed by atoms with E-state index in [4.69, 9.17) is 0 Å². The van der Waals surface area contributed by atoms with Crippen molar-refractivity contribution in [1.82, 2.24) is 10.4 Å². The second-order valence-electron chi connectivity index (χ2n) is 6.56. The van der Waals surface area contributed by atoms with Gasteiger partial charge in [-0.15, -0.1) is 11.3 Å². The van der Waals surface area contributed by atoms with Gasteiger partial charge in [-0.3, -0.25) is 19.8 Å². The Labute approximate surface area is 155 Å². The van der Waals surface area contributed by atoms with Gasteiger partial charge in [-0.1, -0.05) is 42.5 Å². The van der Waals surface area contributed by atoms with Gasteiger partial charge in [0.2, 0.25) is 0 Å². The molecule has 2 atom stereocenters. The fourth-order valence-electron chi connectivity index (χ4n) is 3.66. The molecule has 0 bridgehead atoms. The molecule has 1 aliphatic carbocycles. The lowest BCUT2D eigenvalue weighted by Gasteiger charge is -2.16. The molecule has 1 aliphatic heterocycles. The molecule has 0 unspecified atom stereocenters. The molecule has 2 aliphatic rings. The smallest absolute Gasteiger partial charge is 0.271 e. The largest absolute Gasteiger partial charge is 0.272 e. The summed E-state index contributed by atoms with van der Waals surface area (Å²) in [5, 5.41) is 2.69. The minimum atomic E-state index is -0.429. The highest BCUT2D eigenvalue weighted by Crippen LogP contribution is 2.35. The van der Waals surface area contributed by atoms with Gasteiger partial charge in [-0.2, -0.15) is 5.01 Å². The Morgan fingerprint density at radius 3 is 2.31 bits per heavy atom. The van der Waals surface area contributed by atoms with Crippen molar-refractivity contribution in [1.29, 1.82) is 0 Å². The molecule has 1 N–H and O–H groups in total. The third-order valence-electron chi connectivity index (χ3n) is 5.00. The first-order valence-corrected chi connectivity index (χ1v) is 9.43. The van der Waals surface area contributed by atoms with E-state index in [-0.39, 0.29) is 23.7 Å². The average Bonchev–Trinajstić information content (AvgIpc) is 3.16. The molecule has 1 fully saturated rings. The Bertz CT molecular complexity index is 890. The number of benzene rings is 1. The molecule has 0 radical (unpaired) electrons. The number of hydrogen-bond acceptors (Lipinski definition) is 4. The summed E-state index contributed by atoms with van der Waals surface area (Å²) in [7, 11) is 0. The van der Waals surface area contributed by atoms with Crippen molar-refractivity contribution in [3.63, 3.8) is 0 Å². The molecule has 1 saturated heterocycles. The summed E-state index contributed by atoms with van der Waals surface area (Å²) in [6.07, 6.45) is 4.95. The third-order valence-corrected chi connectivity index (χ3v) is 5.91. The van der Waals surface area contributed by atoms with Gasteiger partial charge in [0.15, 0.2) is 0 Å². The molecule has 0 saturated carbocycles. The number of carbonyl (C=O) groups excluding carboxylic acids is 3. The lowest BCUT2D eigenvalue weighted by Crippen LogP contribution is -2.46. The van der Waals surface area contributed by atoms with Gasteiger partial charge in [-0.05, 0) is 25.3 Å². The highest BCUT2D eigenvalue weighted by atomic mass is 32.1. The predicted molar refractivity (Wildman–Crippen MR) is 99.2 cm³/mol. The van der Waals surface area contributed by atoms with Crippen LogP contribution < -0.4 is 5.43 Å². The second kappa shape index (κ2) is 6.53. The van der Waals surface area contributed by atoms with Crippen LogP contribution in [0.25, 0.3) is 11.1 Å². The monoisotopic (exact) mass is 366 g/mol. The Morgan fingerprint density at radius 1 is 1.08 bits per heavy atom. The fourth-order valence-corrected chi connectivity index (χ4v) is 4.52. The van der Waals surface area contributed by atoms with Gasteiger partial charge in [0.1, 0.15) is 0 Å². The number of aryl methyl sites for hydroxylation is 1. The summed E-state index contributed by atoms with van der Waals surface area (Å²) in [6.45, 7) is 1.95.